The van der Waals surface area contributed by atoms with Crippen molar-refractivity contribution in [2.45, 2.75) is 18.5 Å². The summed E-state index contributed by atoms with van der Waals surface area (Å²) < 4.78 is 0. The van der Waals surface area contributed by atoms with Crippen LogP contribution in [0.5, 0.6) is 0 Å². The minimum atomic E-state index is -0.0178. The van der Waals surface area contributed by atoms with E-state index in [9.17, 15) is 4.79 Å². The van der Waals surface area contributed by atoms with Gasteiger partial charge in [0.25, 0.3) is 0 Å². The molecule has 0 bridgehead atoms. The van der Waals surface area contributed by atoms with E-state index in [2.05, 4.69) is 65.4 Å². The van der Waals surface area contributed by atoms with E-state index in [4.69, 9.17) is 0 Å². The molecule has 4 nitrogen and oxygen atoms in total. The zero-order valence-electron chi connectivity index (χ0n) is 16.2. The summed E-state index contributed by atoms with van der Waals surface area (Å²) >= 11 is 3.52. The van der Waals surface area contributed by atoms with Crippen LogP contribution in [0.1, 0.15) is 33.0 Å². The standard InChI is InChI=1S/C22H25N3OS2/c1-24(2)18(20-9-6-13-27-20)15-23-22(26)25-12-10-19-17(11-14-28-19)21(25)16-7-4-3-5-8-16/h3-9,11,13-14,18,21H,10,12,15H2,1-2H3,(H,23,26)/t18-,21+/m0/s1. The molecule has 6 heteroatoms. The van der Waals surface area contributed by atoms with Crippen molar-refractivity contribution in [1.29, 1.82) is 0 Å². The molecule has 28 heavy (non-hydrogen) atoms. The highest BCUT2D eigenvalue weighted by atomic mass is 32.1. The van der Waals surface area contributed by atoms with Crippen LogP contribution >= 0.6 is 22.7 Å². The van der Waals surface area contributed by atoms with Gasteiger partial charge < -0.3 is 15.1 Å². The van der Waals surface area contributed by atoms with Crippen molar-refractivity contribution >= 4 is 28.7 Å². The molecule has 0 unspecified atom stereocenters. The number of rotatable bonds is 5. The first-order valence-electron chi connectivity index (χ1n) is 9.50. The van der Waals surface area contributed by atoms with Crippen LogP contribution in [0.2, 0.25) is 0 Å². The van der Waals surface area contributed by atoms with Crippen LogP contribution in [0.15, 0.2) is 59.3 Å². The van der Waals surface area contributed by atoms with Gasteiger partial charge in [0, 0.05) is 22.8 Å². The fourth-order valence-corrected chi connectivity index (χ4v) is 5.66. The molecule has 0 fully saturated rings. The molecule has 0 spiro atoms. The van der Waals surface area contributed by atoms with Crippen molar-refractivity contribution in [3.8, 4) is 0 Å². The average Bonchev–Trinajstić information content (AvgIpc) is 3.39. The monoisotopic (exact) mass is 411 g/mol. The first kappa shape index (κ1) is 19.2. The van der Waals surface area contributed by atoms with Crippen molar-refractivity contribution in [1.82, 2.24) is 15.1 Å². The van der Waals surface area contributed by atoms with Gasteiger partial charge in [-0.2, -0.15) is 0 Å². The van der Waals surface area contributed by atoms with Crippen LogP contribution in [0.3, 0.4) is 0 Å². The molecule has 0 saturated carbocycles. The number of carbonyl (C=O) groups is 1. The third-order valence-electron chi connectivity index (χ3n) is 5.28. The molecule has 2 amide bonds. The summed E-state index contributed by atoms with van der Waals surface area (Å²) in [5.74, 6) is 0. The van der Waals surface area contributed by atoms with E-state index in [1.807, 2.05) is 23.1 Å². The average molecular weight is 412 g/mol. The molecule has 3 aromatic rings. The Labute approximate surface area is 174 Å². The molecule has 4 rings (SSSR count). The fraction of sp³-hybridized carbons (Fsp3) is 0.318. The third-order valence-corrected chi connectivity index (χ3v) is 7.25. The summed E-state index contributed by atoms with van der Waals surface area (Å²) in [5, 5.41) is 7.43. The summed E-state index contributed by atoms with van der Waals surface area (Å²) in [6, 6.07) is 16.9. The molecular weight excluding hydrogens is 386 g/mol. The number of carbonyl (C=O) groups excluding carboxylic acids is 1. The Morgan fingerprint density at radius 2 is 1.96 bits per heavy atom. The van der Waals surface area contributed by atoms with Gasteiger partial charge in [-0.3, -0.25) is 0 Å². The third kappa shape index (κ3) is 3.85. The molecular formula is C22H25N3OS2. The molecule has 1 aliphatic heterocycles. The molecule has 2 atom stereocenters. The Bertz CT molecular complexity index is 905. The topological polar surface area (TPSA) is 35.6 Å². The summed E-state index contributed by atoms with van der Waals surface area (Å²) in [5.41, 5.74) is 2.43. The summed E-state index contributed by atoms with van der Waals surface area (Å²) in [7, 11) is 4.11. The van der Waals surface area contributed by atoms with Gasteiger partial charge in [0.1, 0.15) is 0 Å². The Morgan fingerprint density at radius 3 is 2.68 bits per heavy atom. The number of benzene rings is 1. The maximum Gasteiger partial charge on any atom is 0.318 e. The lowest BCUT2D eigenvalue weighted by Gasteiger charge is -2.37. The Morgan fingerprint density at radius 1 is 1.14 bits per heavy atom. The second-order valence-corrected chi connectivity index (χ2v) is 9.22. The lowest BCUT2D eigenvalue weighted by molar-refractivity contribution is 0.176. The molecule has 3 heterocycles. The van der Waals surface area contributed by atoms with E-state index in [1.54, 1.807) is 22.7 Å². The maximum atomic E-state index is 13.2. The van der Waals surface area contributed by atoms with Crippen LogP contribution in [0, 0.1) is 0 Å². The van der Waals surface area contributed by atoms with E-state index in [0.717, 1.165) is 13.0 Å². The first-order valence-corrected chi connectivity index (χ1v) is 11.3. The Hall–Kier alpha value is -2.15. The quantitative estimate of drug-likeness (QED) is 0.656. The second-order valence-electron chi connectivity index (χ2n) is 7.24. The summed E-state index contributed by atoms with van der Waals surface area (Å²) in [4.78, 5) is 20.0. The highest BCUT2D eigenvalue weighted by Crippen LogP contribution is 2.37. The number of hydrogen-bond donors (Lipinski definition) is 1. The lowest BCUT2D eigenvalue weighted by atomic mass is 9.93. The highest BCUT2D eigenvalue weighted by Gasteiger charge is 2.33. The molecule has 0 aliphatic carbocycles. The maximum absolute atomic E-state index is 13.2. The van der Waals surface area contributed by atoms with Gasteiger partial charge in [0.2, 0.25) is 0 Å². The Kier molecular flexibility index (Phi) is 5.80. The van der Waals surface area contributed by atoms with Crippen molar-refractivity contribution < 1.29 is 4.79 Å². The lowest BCUT2D eigenvalue weighted by Crippen LogP contribution is -2.47. The summed E-state index contributed by atoms with van der Waals surface area (Å²) in [6.07, 6.45) is 0.922. The zero-order valence-corrected chi connectivity index (χ0v) is 17.8. The van der Waals surface area contributed by atoms with E-state index in [0.29, 0.717) is 6.54 Å². The predicted molar refractivity (Wildman–Crippen MR) is 117 cm³/mol. The number of fused-ring (bicyclic) bond motifs is 1. The SMILES string of the molecule is CN(C)[C@@H](CNC(=O)N1CCc2sccc2[C@H]1c1ccccc1)c1cccs1. The Balaban J connectivity index is 1.54. The van der Waals surface area contributed by atoms with Crippen molar-refractivity contribution in [3.63, 3.8) is 0 Å². The van der Waals surface area contributed by atoms with Gasteiger partial charge in [-0.05, 0) is 54.5 Å². The minimum absolute atomic E-state index is 0.00843. The van der Waals surface area contributed by atoms with E-state index >= 15 is 0 Å². The van der Waals surface area contributed by atoms with Crippen molar-refractivity contribution in [2.24, 2.45) is 0 Å². The minimum Gasteiger partial charge on any atom is -0.336 e. The fourth-order valence-electron chi connectivity index (χ4n) is 3.83. The zero-order chi connectivity index (χ0) is 19.5. The van der Waals surface area contributed by atoms with Gasteiger partial charge in [0.05, 0.1) is 12.1 Å². The van der Waals surface area contributed by atoms with Gasteiger partial charge in [-0.15, -0.1) is 22.7 Å². The molecule has 1 aliphatic rings. The number of hydrogen-bond acceptors (Lipinski definition) is 4. The smallest absolute Gasteiger partial charge is 0.318 e. The van der Waals surface area contributed by atoms with Crippen molar-refractivity contribution in [2.75, 3.05) is 27.2 Å². The normalized spacial score (nSPS) is 17.4. The first-order chi connectivity index (χ1) is 13.6. The van der Waals surface area contributed by atoms with Gasteiger partial charge >= 0.3 is 6.03 Å². The molecule has 2 aromatic heterocycles. The molecule has 1 N–H and O–H groups in total. The highest BCUT2D eigenvalue weighted by molar-refractivity contribution is 7.10. The van der Waals surface area contributed by atoms with Crippen LogP contribution in [0.4, 0.5) is 4.79 Å². The number of urea groups is 1. The summed E-state index contributed by atoms with van der Waals surface area (Å²) in [6.45, 7) is 1.34. The van der Waals surface area contributed by atoms with Crippen LogP contribution in [-0.4, -0.2) is 43.0 Å². The number of likely N-dealkylation sites (N-methyl/N-ethyl adjacent to an activating group) is 1. The van der Waals surface area contributed by atoms with E-state index < -0.39 is 0 Å². The van der Waals surface area contributed by atoms with Crippen LogP contribution in [0.25, 0.3) is 0 Å². The molecule has 1 aromatic carbocycles. The number of nitrogens with zero attached hydrogens (tertiary/aromatic N) is 2. The predicted octanol–water partition coefficient (Wildman–Crippen LogP) is 4.77. The van der Waals surface area contributed by atoms with Gasteiger partial charge in [-0.25, -0.2) is 4.79 Å². The van der Waals surface area contributed by atoms with E-state index in [-0.39, 0.29) is 18.1 Å². The molecule has 146 valence electrons. The molecule has 0 saturated heterocycles. The second kappa shape index (κ2) is 8.47. The number of thiophene rings is 2. The van der Waals surface area contributed by atoms with Gasteiger partial charge in [-0.1, -0.05) is 36.4 Å². The number of nitrogens with one attached hydrogen (secondary N) is 1. The largest absolute Gasteiger partial charge is 0.336 e. The number of amides is 2. The van der Waals surface area contributed by atoms with Crippen LogP contribution < -0.4 is 5.32 Å². The molecule has 0 radical (unpaired) electrons. The van der Waals surface area contributed by atoms with E-state index in [1.165, 1.54) is 20.9 Å². The van der Waals surface area contributed by atoms with Crippen LogP contribution in [-0.2, 0) is 6.42 Å². The van der Waals surface area contributed by atoms with Gasteiger partial charge in [0.15, 0.2) is 0 Å². The van der Waals surface area contributed by atoms with Crippen molar-refractivity contribution in [3.05, 3.63) is 80.2 Å².